The van der Waals surface area contributed by atoms with Crippen LogP contribution in [0.25, 0.3) is 0 Å². The molecule has 1 heterocycles. The molecule has 0 saturated carbocycles. The van der Waals surface area contributed by atoms with Crippen molar-refractivity contribution in [2.24, 2.45) is 0 Å². The van der Waals surface area contributed by atoms with Crippen LogP contribution in [-0.4, -0.2) is 58.5 Å². The fraction of sp³-hybridized carbons (Fsp3) is 0.600. The van der Waals surface area contributed by atoms with Gasteiger partial charge in [-0.15, -0.1) is 0 Å². The van der Waals surface area contributed by atoms with E-state index in [1.165, 1.54) is 0 Å². The summed E-state index contributed by atoms with van der Waals surface area (Å²) in [6.45, 7) is 6.44. The van der Waals surface area contributed by atoms with Crippen LogP contribution in [0.3, 0.4) is 0 Å². The first kappa shape index (κ1) is 16.5. The Morgan fingerprint density at radius 1 is 1.24 bits per heavy atom. The number of morpholine rings is 1. The molecule has 1 aliphatic rings. The zero-order valence-corrected chi connectivity index (χ0v) is 14.2. The normalized spacial score (nSPS) is 16.0. The van der Waals surface area contributed by atoms with Gasteiger partial charge in [-0.05, 0) is 12.1 Å². The number of hydrogen-bond acceptors (Lipinski definition) is 5. The lowest BCUT2D eigenvalue weighted by Gasteiger charge is -2.26. The van der Waals surface area contributed by atoms with Crippen LogP contribution in [0.2, 0.25) is 0 Å². The molecule has 1 fully saturated rings. The molecular formula is C15H23BrN2O3. The van der Waals surface area contributed by atoms with Crippen LogP contribution >= 0.6 is 15.9 Å². The van der Waals surface area contributed by atoms with Crippen LogP contribution in [0, 0.1) is 0 Å². The van der Waals surface area contributed by atoms with E-state index in [0.29, 0.717) is 0 Å². The smallest absolute Gasteiger partial charge is 0.166 e. The second kappa shape index (κ2) is 8.58. The Hall–Kier alpha value is -0.820. The largest absolute Gasteiger partial charge is 0.493 e. The number of methoxy groups -OCH3 is 2. The maximum absolute atomic E-state index is 5.47. The lowest BCUT2D eigenvalue weighted by molar-refractivity contribution is 0.0384. The molecule has 0 spiro atoms. The van der Waals surface area contributed by atoms with Crippen molar-refractivity contribution >= 4 is 15.9 Å². The molecule has 0 bridgehead atoms. The van der Waals surface area contributed by atoms with Gasteiger partial charge in [0.05, 0.1) is 27.4 Å². The Morgan fingerprint density at radius 2 is 2.00 bits per heavy atom. The minimum atomic E-state index is 0.741. The predicted molar refractivity (Wildman–Crippen MR) is 86.2 cm³/mol. The number of halogens is 1. The van der Waals surface area contributed by atoms with E-state index in [-0.39, 0.29) is 0 Å². The average Bonchev–Trinajstić information content (AvgIpc) is 2.53. The highest BCUT2D eigenvalue weighted by Crippen LogP contribution is 2.35. The van der Waals surface area contributed by atoms with Crippen LogP contribution in [0.1, 0.15) is 5.56 Å². The summed E-state index contributed by atoms with van der Waals surface area (Å²) in [5.41, 5.74) is 1.08. The van der Waals surface area contributed by atoms with E-state index in [2.05, 4.69) is 26.1 Å². The Balaban J connectivity index is 1.87. The van der Waals surface area contributed by atoms with Crippen molar-refractivity contribution in [3.63, 3.8) is 0 Å². The van der Waals surface area contributed by atoms with Gasteiger partial charge in [0.25, 0.3) is 0 Å². The van der Waals surface area contributed by atoms with Crippen LogP contribution in [-0.2, 0) is 11.3 Å². The van der Waals surface area contributed by atoms with Gasteiger partial charge < -0.3 is 19.5 Å². The summed E-state index contributed by atoms with van der Waals surface area (Å²) >= 11 is 3.58. The average molecular weight is 359 g/mol. The zero-order valence-electron chi connectivity index (χ0n) is 12.7. The fourth-order valence-electron chi connectivity index (χ4n) is 2.41. The molecule has 21 heavy (non-hydrogen) atoms. The van der Waals surface area contributed by atoms with Gasteiger partial charge in [-0.1, -0.05) is 15.9 Å². The summed E-state index contributed by atoms with van der Waals surface area (Å²) in [6, 6.07) is 3.89. The molecule has 6 heteroatoms. The predicted octanol–water partition coefficient (Wildman–Crippen LogP) is 1.89. The molecule has 2 rings (SSSR count). The van der Waals surface area contributed by atoms with E-state index >= 15 is 0 Å². The molecule has 1 aliphatic heterocycles. The quantitative estimate of drug-likeness (QED) is 0.754. The summed E-state index contributed by atoms with van der Waals surface area (Å²) < 4.78 is 17.2. The maximum Gasteiger partial charge on any atom is 0.166 e. The van der Waals surface area contributed by atoms with Gasteiger partial charge >= 0.3 is 0 Å². The van der Waals surface area contributed by atoms with Crippen LogP contribution in [0.4, 0.5) is 0 Å². The molecule has 0 atom stereocenters. The first-order valence-electron chi connectivity index (χ1n) is 7.16. The highest BCUT2D eigenvalue weighted by molar-refractivity contribution is 9.10. The first-order chi connectivity index (χ1) is 10.3. The molecule has 0 aliphatic carbocycles. The molecule has 1 aromatic rings. The number of nitrogens with one attached hydrogen (secondary N) is 1. The van der Waals surface area contributed by atoms with Crippen molar-refractivity contribution < 1.29 is 14.2 Å². The van der Waals surface area contributed by atoms with E-state index in [1.807, 2.05) is 12.1 Å². The van der Waals surface area contributed by atoms with Gasteiger partial charge in [0.2, 0.25) is 0 Å². The monoisotopic (exact) mass is 358 g/mol. The van der Waals surface area contributed by atoms with Crippen molar-refractivity contribution in [1.29, 1.82) is 0 Å². The Labute approximate surface area is 134 Å². The first-order valence-corrected chi connectivity index (χ1v) is 7.95. The number of hydrogen-bond donors (Lipinski definition) is 1. The molecule has 118 valence electrons. The van der Waals surface area contributed by atoms with Crippen LogP contribution in [0.5, 0.6) is 11.5 Å². The molecule has 0 amide bonds. The topological polar surface area (TPSA) is 43.0 Å². The van der Waals surface area contributed by atoms with Crippen molar-refractivity contribution in [2.45, 2.75) is 6.54 Å². The van der Waals surface area contributed by atoms with E-state index < -0.39 is 0 Å². The fourth-order valence-corrected chi connectivity index (χ4v) is 2.86. The summed E-state index contributed by atoms with van der Waals surface area (Å²) in [5.74, 6) is 1.54. The maximum atomic E-state index is 5.47. The highest BCUT2D eigenvalue weighted by Gasteiger charge is 2.14. The highest BCUT2D eigenvalue weighted by atomic mass is 79.9. The van der Waals surface area contributed by atoms with Crippen LogP contribution in [0.15, 0.2) is 16.6 Å². The zero-order chi connectivity index (χ0) is 15.1. The SMILES string of the molecule is COc1ccc(Br)c(CNCCN2CCOCC2)c1OC. The van der Waals surface area contributed by atoms with Gasteiger partial charge in [-0.2, -0.15) is 0 Å². The Morgan fingerprint density at radius 3 is 2.67 bits per heavy atom. The van der Waals surface area contributed by atoms with Gasteiger partial charge in [-0.25, -0.2) is 0 Å². The third-order valence-electron chi connectivity index (χ3n) is 3.60. The van der Waals surface area contributed by atoms with Crippen molar-refractivity contribution in [2.75, 3.05) is 53.6 Å². The summed E-state index contributed by atoms with van der Waals surface area (Å²) in [7, 11) is 3.32. The van der Waals surface area contributed by atoms with Crippen molar-refractivity contribution in [1.82, 2.24) is 10.2 Å². The van der Waals surface area contributed by atoms with Gasteiger partial charge in [0.1, 0.15) is 0 Å². The van der Waals surface area contributed by atoms with E-state index in [1.54, 1.807) is 14.2 Å². The number of rotatable bonds is 7. The van der Waals surface area contributed by atoms with Crippen LogP contribution < -0.4 is 14.8 Å². The standard InChI is InChI=1S/C15H23BrN2O3/c1-19-14-4-3-13(16)12(15(14)20-2)11-17-5-6-18-7-9-21-10-8-18/h3-4,17H,5-11H2,1-2H3. The molecule has 1 N–H and O–H groups in total. The van der Waals surface area contributed by atoms with E-state index in [9.17, 15) is 0 Å². The van der Waals surface area contributed by atoms with Gasteiger partial charge in [0.15, 0.2) is 11.5 Å². The van der Waals surface area contributed by atoms with Crippen molar-refractivity contribution in [3.05, 3.63) is 22.2 Å². The summed E-state index contributed by atoms with van der Waals surface area (Å²) in [5, 5.41) is 3.47. The molecule has 0 unspecified atom stereocenters. The van der Waals surface area contributed by atoms with E-state index in [0.717, 1.165) is 67.5 Å². The second-order valence-electron chi connectivity index (χ2n) is 4.89. The van der Waals surface area contributed by atoms with Gasteiger partial charge in [-0.3, -0.25) is 4.90 Å². The molecular weight excluding hydrogens is 336 g/mol. The molecule has 0 aromatic heterocycles. The van der Waals surface area contributed by atoms with Crippen molar-refractivity contribution in [3.8, 4) is 11.5 Å². The minimum Gasteiger partial charge on any atom is -0.493 e. The number of ether oxygens (including phenoxy) is 3. The summed E-state index contributed by atoms with van der Waals surface area (Å²) in [6.07, 6.45) is 0. The molecule has 1 saturated heterocycles. The third-order valence-corrected chi connectivity index (χ3v) is 4.34. The van der Waals surface area contributed by atoms with E-state index in [4.69, 9.17) is 14.2 Å². The molecule has 5 nitrogen and oxygen atoms in total. The Bertz CT molecular complexity index is 451. The third kappa shape index (κ3) is 4.57. The lowest BCUT2D eigenvalue weighted by Crippen LogP contribution is -2.40. The Kier molecular flexibility index (Phi) is 6.76. The number of nitrogens with zero attached hydrogens (tertiary/aromatic N) is 1. The molecule has 1 aromatic carbocycles. The number of benzene rings is 1. The second-order valence-corrected chi connectivity index (χ2v) is 5.75. The minimum absolute atomic E-state index is 0.741. The summed E-state index contributed by atoms with van der Waals surface area (Å²) in [4.78, 5) is 2.41. The van der Waals surface area contributed by atoms with Gasteiger partial charge in [0, 0.05) is 42.8 Å². The molecule has 0 radical (unpaired) electrons. The lowest BCUT2D eigenvalue weighted by atomic mass is 10.2.